The van der Waals surface area contributed by atoms with E-state index in [-0.39, 0.29) is 0 Å². The lowest BCUT2D eigenvalue weighted by molar-refractivity contribution is 0.616. The van der Waals surface area contributed by atoms with Crippen LogP contribution in [0, 0.1) is 0 Å². The molecule has 6 rings (SSSR count). The van der Waals surface area contributed by atoms with Crippen molar-refractivity contribution >= 4 is 32.8 Å². The summed E-state index contributed by atoms with van der Waals surface area (Å²) in [6.45, 7) is 0. The van der Waals surface area contributed by atoms with Crippen molar-refractivity contribution in [2.75, 3.05) is 0 Å². The number of rotatable bonds is 2. The fraction of sp³-hybridized carbons (Fsp3) is 0. The van der Waals surface area contributed by atoms with Crippen molar-refractivity contribution in [1.29, 1.82) is 0 Å². The van der Waals surface area contributed by atoms with Crippen LogP contribution in [-0.2, 0) is 0 Å². The number of fused-ring (bicyclic) bond motifs is 5. The van der Waals surface area contributed by atoms with Gasteiger partial charge in [-0.3, -0.25) is 4.57 Å². The Morgan fingerprint density at radius 3 is 2.36 bits per heavy atom. The Bertz CT molecular complexity index is 1440. The number of furan rings is 1. The van der Waals surface area contributed by atoms with Gasteiger partial charge in [0.15, 0.2) is 5.82 Å². The van der Waals surface area contributed by atoms with Gasteiger partial charge in [-0.05, 0) is 36.4 Å². The highest BCUT2D eigenvalue weighted by molar-refractivity contribution is 6.17. The third kappa shape index (κ3) is 2.12. The third-order valence-corrected chi connectivity index (χ3v) is 5.21. The van der Waals surface area contributed by atoms with Gasteiger partial charge in [0.05, 0.1) is 23.0 Å². The predicted octanol–water partition coefficient (Wildman–Crippen LogP) is 5.99. The van der Waals surface area contributed by atoms with E-state index in [1.54, 1.807) is 6.26 Å². The second kappa shape index (κ2) is 5.79. The molecule has 0 amide bonds. The number of hydrogen-bond acceptors (Lipinski definition) is 3. The summed E-state index contributed by atoms with van der Waals surface area (Å²) in [5, 5.41) is 12.5. The maximum Gasteiger partial charge on any atom is 0.160 e. The first kappa shape index (κ1) is 15.2. The number of para-hydroxylation sites is 1. The lowest BCUT2D eigenvalue weighted by Gasteiger charge is -2.07. The maximum absolute atomic E-state index is 5.64. The van der Waals surface area contributed by atoms with Crippen LogP contribution >= 0.6 is 0 Å². The van der Waals surface area contributed by atoms with Crippen LogP contribution in [0.3, 0.4) is 0 Å². The Labute approximate surface area is 160 Å². The van der Waals surface area contributed by atoms with Gasteiger partial charge in [-0.25, -0.2) is 0 Å². The fourth-order valence-electron chi connectivity index (χ4n) is 3.95. The van der Waals surface area contributed by atoms with Crippen LogP contribution in [0.5, 0.6) is 0 Å². The monoisotopic (exact) mass is 361 g/mol. The van der Waals surface area contributed by atoms with Crippen LogP contribution in [0.1, 0.15) is 0 Å². The second-order valence-corrected chi connectivity index (χ2v) is 6.79. The molecule has 0 atom stereocenters. The highest BCUT2D eigenvalue weighted by atomic mass is 16.3. The fourth-order valence-corrected chi connectivity index (χ4v) is 3.95. The second-order valence-electron chi connectivity index (χ2n) is 6.79. The Hall–Kier alpha value is -3.92. The average molecular weight is 361 g/mol. The van der Waals surface area contributed by atoms with Gasteiger partial charge in [0.25, 0.3) is 0 Å². The summed E-state index contributed by atoms with van der Waals surface area (Å²) in [4.78, 5) is 0. The summed E-state index contributed by atoms with van der Waals surface area (Å²) >= 11 is 0. The van der Waals surface area contributed by atoms with Crippen LogP contribution < -0.4 is 0 Å². The molecule has 0 N–H and O–H groups in total. The molecule has 0 spiro atoms. The number of aromatic nitrogens is 3. The van der Waals surface area contributed by atoms with Crippen molar-refractivity contribution in [3.8, 4) is 17.1 Å². The molecule has 132 valence electrons. The minimum Gasteiger partial charge on any atom is -0.464 e. The van der Waals surface area contributed by atoms with E-state index in [0.717, 1.165) is 39.1 Å². The molecular formula is C24H15N3O. The zero-order chi connectivity index (χ0) is 18.5. The molecule has 4 nitrogen and oxygen atoms in total. The summed E-state index contributed by atoms with van der Waals surface area (Å²) in [6.07, 6.45) is 1.73. The first-order chi connectivity index (χ1) is 13.9. The van der Waals surface area contributed by atoms with Crippen molar-refractivity contribution in [3.63, 3.8) is 0 Å². The summed E-state index contributed by atoms with van der Waals surface area (Å²) in [5.74, 6) is 0.791. The molecule has 0 saturated carbocycles. The topological polar surface area (TPSA) is 43.9 Å². The third-order valence-electron chi connectivity index (χ3n) is 5.21. The molecule has 0 aliphatic rings. The van der Waals surface area contributed by atoms with E-state index in [0.29, 0.717) is 0 Å². The van der Waals surface area contributed by atoms with Gasteiger partial charge in [0.2, 0.25) is 0 Å². The SMILES string of the molecule is c1ccc(-c2ccc(-n3c4ccccc4c4ccc5occc5c43)nn2)cc1. The summed E-state index contributed by atoms with van der Waals surface area (Å²) in [7, 11) is 0. The van der Waals surface area contributed by atoms with Crippen LogP contribution in [0.2, 0.25) is 0 Å². The van der Waals surface area contributed by atoms with E-state index in [1.807, 2.05) is 54.6 Å². The smallest absolute Gasteiger partial charge is 0.160 e. The summed E-state index contributed by atoms with van der Waals surface area (Å²) in [5.41, 5.74) is 4.98. The minimum atomic E-state index is 0.791. The van der Waals surface area contributed by atoms with Crippen LogP contribution in [0.25, 0.3) is 49.9 Å². The van der Waals surface area contributed by atoms with E-state index in [9.17, 15) is 0 Å². The molecule has 0 aliphatic carbocycles. The molecule has 4 heteroatoms. The lowest BCUT2D eigenvalue weighted by Crippen LogP contribution is -2.00. The zero-order valence-electron chi connectivity index (χ0n) is 14.9. The molecule has 6 aromatic rings. The molecule has 28 heavy (non-hydrogen) atoms. The molecular weight excluding hydrogens is 346 g/mol. The Balaban J connectivity index is 1.66. The number of hydrogen-bond donors (Lipinski definition) is 0. The van der Waals surface area contributed by atoms with Gasteiger partial charge in [0.1, 0.15) is 5.58 Å². The van der Waals surface area contributed by atoms with E-state index in [2.05, 4.69) is 45.1 Å². The minimum absolute atomic E-state index is 0.791. The van der Waals surface area contributed by atoms with E-state index in [1.165, 1.54) is 10.8 Å². The van der Waals surface area contributed by atoms with Crippen molar-refractivity contribution in [2.45, 2.75) is 0 Å². The highest BCUT2D eigenvalue weighted by Crippen LogP contribution is 2.36. The molecule has 0 radical (unpaired) electrons. The molecule has 3 heterocycles. The normalized spacial score (nSPS) is 11.6. The average Bonchev–Trinajstić information content (AvgIpc) is 3.37. The summed E-state index contributed by atoms with van der Waals surface area (Å²) in [6, 6.07) is 28.7. The highest BCUT2D eigenvalue weighted by Gasteiger charge is 2.16. The van der Waals surface area contributed by atoms with Gasteiger partial charge in [0, 0.05) is 21.7 Å². The number of nitrogens with zero attached hydrogens (tertiary/aromatic N) is 3. The number of benzene rings is 3. The van der Waals surface area contributed by atoms with Crippen LogP contribution in [0.4, 0.5) is 0 Å². The van der Waals surface area contributed by atoms with Gasteiger partial charge < -0.3 is 4.42 Å². The van der Waals surface area contributed by atoms with Gasteiger partial charge in [-0.2, -0.15) is 0 Å². The molecule has 0 bridgehead atoms. The summed E-state index contributed by atoms with van der Waals surface area (Å²) < 4.78 is 7.81. The maximum atomic E-state index is 5.64. The Morgan fingerprint density at radius 1 is 0.643 bits per heavy atom. The molecule has 0 fully saturated rings. The van der Waals surface area contributed by atoms with Crippen molar-refractivity contribution in [1.82, 2.24) is 14.8 Å². The van der Waals surface area contributed by atoms with Crippen molar-refractivity contribution in [3.05, 3.63) is 91.2 Å². The Kier molecular flexibility index (Phi) is 3.14. The molecule has 3 aromatic carbocycles. The standard InChI is InChI=1S/C24H15N3O/c1-2-6-16(7-3-1)20-11-13-23(26-25-20)27-21-9-5-4-8-17(21)18-10-12-22-19(24(18)27)14-15-28-22/h1-15H. The first-order valence-electron chi connectivity index (χ1n) is 9.19. The molecule has 0 aliphatic heterocycles. The first-order valence-corrected chi connectivity index (χ1v) is 9.19. The van der Waals surface area contributed by atoms with Crippen molar-refractivity contribution in [2.24, 2.45) is 0 Å². The van der Waals surface area contributed by atoms with Gasteiger partial charge in [-0.1, -0.05) is 48.5 Å². The van der Waals surface area contributed by atoms with Gasteiger partial charge in [-0.15, -0.1) is 10.2 Å². The quantitative estimate of drug-likeness (QED) is 0.381. The van der Waals surface area contributed by atoms with Gasteiger partial charge >= 0.3 is 0 Å². The van der Waals surface area contributed by atoms with E-state index in [4.69, 9.17) is 4.42 Å². The van der Waals surface area contributed by atoms with Crippen LogP contribution in [-0.4, -0.2) is 14.8 Å². The van der Waals surface area contributed by atoms with Crippen LogP contribution in [0.15, 0.2) is 95.6 Å². The molecule has 0 unspecified atom stereocenters. The van der Waals surface area contributed by atoms with E-state index < -0.39 is 0 Å². The lowest BCUT2D eigenvalue weighted by atomic mass is 10.1. The zero-order valence-corrected chi connectivity index (χ0v) is 14.9. The largest absolute Gasteiger partial charge is 0.464 e. The van der Waals surface area contributed by atoms with E-state index >= 15 is 0 Å². The predicted molar refractivity (Wildman–Crippen MR) is 112 cm³/mol. The van der Waals surface area contributed by atoms with Crippen molar-refractivity contribution < 1.29 is 4.42 Å². The molecule has 3 aromatic heterocycles. The molecule has 0 saturated heterocycles. The Morgan fingerprint density at radius 2 is 1.50 bits per heavy atom.